The summed E-state index contributed by atoms with van der Waals surface area (Å²) in [7, 11) is 5.15. The number of carbonyl (C=O) groups excluding carboxylic acids is 2. The molecule has 150 valence electrons. The molecule has 2 aromatic carbocycles. The Hall–Kier alpha value is -2.86. The molecule has 0 heterocycles. The Morgan fingerprint density at radius 2 is 1.64 bits per heavy atom. The van der Waals surface area contributed by atoms with E-state index in [9.17, 15) is 9.59 Å². The quantitative estimate of drug-likeness (QED) is 0.761. The first kappa shape index (κ1) is 21.4. The van der Waals surface area contributed by atoms with Gasteiger partial charge in [0.15, 0.2) is 0 Å². The average molecular weight is 383 g/mol. The van der Waals surface area contributed by atoms with Gasteiger partial charge >= 0.3 is 0 Å². The second-order valence-electron chi connectivity index (χ2n) is 7.09. The Kier molecular flexibility index (Phi) is 7.58. The van der Waals surface area contributed by atoms with Crippen LogP contribution in [0, 0.1) is 13.8 Å². The van der Waals surface area contributed by atoms with E-state index in [0.29, 0.717) is 6.54 Å². The maximum Gasteiger partial charge on any atom is 0.243 e. The lowest BCUT2D eigenvalue weighted by Crippen LogP contribution is -2.40. The van der Waals surface area contributed by atoms with E-state index in [1.54, 1.807) is 14.2 Å². The van der Waals surface area contributed by atoms with Crippen LogP contribution >= 0.6 is 0 Å². The molecule has 0 aliphatic carbocycles. The SMILES string of the molecule is COc1cccc(CN(C)CC(=O)N(C)CC(=O)Nc2c(C)cccc2C)c1. The zero-order valence-electron chi connectivity index (χ0n) is 17.3. The molecule has 0 aliphatic rings. The van der Waals surface area contributed by atoms with Crippen molar-refractivity contribution >= 4 is 17.5 Å². The number of para-hydroxylation sites is 1. The van der Waals surface area contributed by atoms with Gasteiger partial charge in [-0.3, -0.25) is 14.5 Å². The third-order valence-corrected chi connectivity index (χ3v) is 4.54. The van der Waals surface area contributed by atoms with E-state index < -0.39 is 0 Å². The summed E-state index contributed by atoms with van der Waals surface area (Å²) in [5, 5.41) is 2.91. The van der Waals surface area contributed by atoms with E-state index in [4.69, 9.17) is 4.74 Å². The van der Waals surface area contributed by atoms with E-state index in [0.717, 1.165) is 28.1 Å². The van der Waals surface area contributed by atoms with Crippen molar-refractivity contribution in [2.75, 3.05) is 39.6 Å². The van der Waals surface area contributed by atoms with Crippen LogP contribution in [0.4, 0.5) is 5.69 Å². The van der Waals surface area contributed by atoms with Gasteiger partial charge in [-0.2, -0.15) is 0 Å². The van der Waals surface area contributed by atoms with Gasteiger partial charge in [0, 0.05) is 19.3 Å². The van der Waals surface area contributed by atoms with Crippen LogP contribution in [0.15, 0.2) is 42.5 Å². The first-order chi connectivity index (χ1) is 13.3. The Labute approximate surface area is 167 Å². The van der Waals surface area contributed by atoms with Crippen LogP contribution in [0.25, 0.3) is 0 Å². The molecule has 0 fully saturated rings. The van der Waals surface area contributed by atoms with Gasteiger partial charge in [-0.1, -0.05) is 30.3 Å². The number of hydrogen-bond acceptors (Lipinski definition) is 4. The Bertz CT molecular complexity index is 815. The third-order valence-electron chi connectivity index (χ3n) is 4.54. The highest BCUT2D eigenvalue weighted by molar-refractivity contribution is 5.95. The van der Waals surface area contributed by atoms with Crippen LogP contribution in [0.3, 0.4) is 0 Å². The van der Waals surface area contributed by atoms with Gasteiger partial charge in [0.05, 0.1) is 20.2 Å². The Morgan fingerprint density at radius 3 is 2.29 bits per heavy atom. The number of methoxy groups -OCH3 is 1. The first-order valence-corrected chi connectivity index (χ1v) is 9.21. The number of rotatable bonds is 8. The number of likely N-dealkylation sites (N-methyl/N-ethyl adjacent to an activating group) is 2. The van der Waals surface area contributed by atoms with Crippen molar-refractivity contribution in [2.45, 2.75) is 20.4 Å². The second-order valence-corrected chi connectivity index (χ2v) is 7.09. The van der Waals surface area contributed by atoms with Crippen molar-refractivity contribution < 1.29 is 14.3 Å². The van der Waals surface area contributed by atoms with Crippen molar-refractivity contribution in [3.05, 3.63) is 59.2 Å². The van der Waals surface area contributed by atoms with Crippen LogP contribution in [0.5, 0.6) is 5.75 Å². The molecule has 0 saturated carbocycles. The summed E-state index contributed by atoms with van der Waals surface area (Å²) in [6.07, 6.45) is 0. The van der Waals surface area contributed by atoms with Gasteiger partial charge < -0.3 is 15.0 Å². The molecule has 0 spiro atoms. The predicted octanol–water partition coefficient (Wildman–Crippen LogP) is 2.84. The highest BCUT2D eigenvalue weighted by Gasteiger charge is 2.16. The number of amides is 2. The van der Waals surface area contributed by atoms with Crippen LogP contribution < -0.4 is 10.1 Å². The minimum absolute atomic E-state index is 0.0135. The van der Waals surface area contributed by atoms with Crippen molar-refractivity contribution in [3.63, 3.8) is 0 Å². The largest absolute Gasteiger partial charge is 0.497 e. The number of carbonyl (C=O) groups is 2. The molecule has 28 heavy (non-hydrogen) atoms. The number of ether oxygens (including phenoxy) is 1. The van der Waals surface area contributed by atoms with E-state index in [2.05, 4.69) is 5.32 Å². The van der Waals surface area contributed by atoms with E-state index >= 15 is 0 Å². The Balaban J connectivity index is 1.86. The summed E-state index contributed by atoms with van der Waals surface area (Å²) >= 11 is 0. The molecule has 6 heteroatoms. The summed E-state index contributed by atoms with van der Waals surface area (Å²) in [6, 6.07) is 13.6. The summed E-state index contributed by atoms with van der Waals surface area (Å²) in [5.41, 5.74) is 3.87. The number of aryl methyl sites for hydroxylation is 2. The zero-order valence-corrected chi connectivity index (χ0v) is 17.3. The molecular formula is C22H29N3O3. The smallest absolute Gasteiger partial charge is 0.243 e. The summed E-state index contributed by atoms with van der Waals surface area (Å²) in [4.78, 5) is 28.2. The molecule has 0 bridgehead atoms. The highest BCUT2D eigenvalue weighted by atomic mass is 16.5. The normalized spacial score (nSPS) is 10.6. The monoisotopic (exact) mass is 383 g/mol. The molecule has 1 N–H and O–H groups in total. The minimum Gasteiger partial charge on any atom is -0.497 e. The summed E-state index contributed by atoms with van der Waals surface area (Å²) < 4.78 is 5.23. The lowest BCUT2D eigenvalue weighted by Gasteiger charge is -2.22. The van der Waals surface area contributed by atoms with Gasteiger partial charge in [0.25, 0.3) is 0 Å². The number of nitrogens with zero attached hydrogens (tertiary/aromatic N) is 2. The van der Waals surface area contributed by atoms with Crippen LogP contribution in [0.1, 0.15) is 16.7 Å². The molecule has 0 atom stereocenters. The standard InChI is InChI=1S/C22H29N3O3/c1-16-8-6-9-17(2)22(16)23-20(26)14-25(4)21(27)15-24(3)13-18-10-7-11-19(12-18)28-5/h6-12H,13-15H2,1-5H3,(H,23,26). The lowest BCUT2D eigenvalue weighted by molar-refractivity contribution is -0.134. The van der Waals surface area contributed by atoms with Gasteiger partial charge in [-0.25, -0.2) is 0 Å². The minimum atomic E-state index is -0.205. The maximum absolute atomic E-state index is 12.5. The number of nitrogens with one attached hydrogen (secondary N) is 1. The van der Waals surface area contributed by atoms with Gasteiger partial charge in [0.1, 0.15) is 5.75 Å². The van der Waals surface area contributed by atoms with Gasteiger partial charge in [-0.05, 0) is 49.7 Å². The van der Waals surface area contributed by atoms with Crippen molar-refractivity contribution in [1.82, 2.24) is 9.80 Å². The van der Waals surface area contributed by atoms with Crippen molar-refractivity contribution in [2.24, 2.45) is 0 Å². The predicted molar refractivity (Wildman–Crippen MR) is 112 cm³/mol. The fourth-order valence-electron chi connectivity index (χ4n) is 2.98. The first-order valence-electron chi connectivity index (χ1n) is 9.21. The molecule has 0 unspecified atom stereocenters. The van der Waals surface area contributed by atoms with Crippen LogP contribution in [-0.4, -0.2) is 55.9 Å². The van der Waals surface area contributed by atoms with E-state index in [-0.39, 0.29) is 24.9 Å². The van der Waals surface area contributed by atoms with Crippen molar-refractivity contribution in [3.8, 4) is 5.75 Å². The molecule has 2 amide bonds. The summed E-state index contributed by atoms with van der Waals surface area (Å²) in [6.45, 7) is 4.76. The molecule has 2 aromatic rings. The van der Waals surface area contributed by atoms with Crippen LogP contribution in [0.2, 0.25) is 0 Å². The molecule has 2 rings (SSSR count). The number of benzene rings is 2. The van der Waals surface area contributed by atoms with Crippen LogP contribution in [-0.2, 0) is 16.1 Å². The number of anilines is 1. The lowest BCUT2D eigenvalue weighted by atomic mass is 10.1. The summed E-state index contributed by atoms with van der Waals surface area (Å²) in [5.74, 6) is 0.475. The van der Waals surface area contributed by atoms with Gasteiger partial charge in [-0.15, -0.1) is 0 Å². The second kappa shape index (κ2) is 9.90. The maximum atomic E-state index is 12.5. The fraction of sp³-hybridized carbons (Fsp3) is 0.364. The molecule has 0 saturated heterocycles. The molecular weight excluding hydrogens is 354 g/mol. The van der Waals surface area contributed by atoms with E-state index in [1.807, 2.05) is 68.3 Å². The topological polar surface area (TPSA) is 61.9 Å². The zero-order chi connectivity index (χ0) is 20.7. The fourth-order valence-corrected chi connectivity index (χ4v) is 2.98. The number of hydrogen-bond donors (Lipinski definition) is 1. The molecule has 0 aromatic heterocycles. The van der Waals surface area contributed by atoms with E-state index in [1.165, 1.54) is 4.90 Å². The van der Waals surface area contributed by atoms with Crippen molar-refractivity contribution in [1.29, 1.82) is 0 Å². The molecule has 6 nitrogen and oxygen atoms in total. The highest BCUT2D eigenvalue weighted by Crippen LogP contribution is 2.19. The third kappa shape index (κ3) is 6.09. The molecule has 0 aliphatic heterocycles. The molecule has 0 radical (unpaired) electrons. The van der Waals surface area contributed by atoms with Gasteiger partial charge in [0.2, 0.25) is 11.8 Å². The average Bonchev–Trinajstić information content (AvgIpc) is 2.64. The Morgan fingerprint density at radius 1 is 1.00 bits per heavy atom.